The fraction of sp³-hybridized carbons (Fsp3) is 0.200. The van der Waals surface area contributed by atoms with Gasteiger partial charge in [-0.15, -0.1) is 0 Å². The molecule has 1 unspecified atom stereocenters. The number of nitrogens with one attached hydrogen (secondary N) is 1. The van der Waals surface area contributed by atoms with Crippen molar-refractivity contribution >= 4 is 23.2 Å². The Morgan fingerprint density at radius 2 is 1.80 bits per heavy atom. The number of benzene rings is 2. The first-order valence-electron chi connectivity index (χ1n) is 6.09. The molecule has 0 spiro atoms. The number of halogens is 4. The maximum absolute atomic E-state index is 13.5. The van der Waals surface area contributed by atoms with Gasteiger partial charge in [0.15, 0.2) is 0 Å². The van der Waals surface area contributed by atoms with Crippen molar-refractivity contribution in [2.75, 3.05) is 0 Å². The van der Waals surface area contributed by atoms with E-state index in [0.29, 0.717) is 22.2 Å². The summed E-state index contributed by atoms with van der Waals surface area (Å²) >= 11 is 11.8. The fourth-order valence-corrected chi connectivity index (χ4v) is 2.13. The van der Waals surface area contributed by atoms with Crippen molar-refractivity contribution in [2.24, 2.45) is 0 Å². The topological polar surface area (TPSA) is 12.0 Å². The van der Waals surface area contributed by atoms with E-state index in [-0.39, 0.29) is 6.04 Å². The lowest BCUT2D eigenvalue weighted by Gasteiger charge is -2.15. The molecule has 0 aromatic heterocycles. The Labute approximate surface area is 126 Å². The van der Waals surface area contributed by atoms with Gasteiger partial charge in [-0.2, -0.15) is 0 Å². The van der Waals surface area contributed by atoms with Gasteiger partial charge in [0.25, 0.3) is 0 Å². The van der Waals surface area contributed by atoms with Crippen LogP contribution in [0.25, 0.3) is 0 Å². The van der Waals surface area contributed by atoms with Gasteiger partial charge in [-0.1, -0.05) is 35.3 Å². The Morgan fingerprint density at radius 1 is 1.05 bits per heavy atom. The molecule has 0 aliphatic heterocycles. The van der Waals surface area contributed by atoms with E-state index in [9.17, 15) is 8.78 Å². The van der Waals surface area contributed by atoms with Crippen molar-refractivity contribution in [1.82, 2.24) is 5.32 Å². The van der Waals surface area contributed by atoms with Gasteiger partial charge in [0.1, 0.15) is 11.6 Å². The summed E-state index contributed by atoms with van der Waals surface area (Å²) in [5, 5.41) is 4.13. The third-order valence-electron chi connectivity index (χ3n) is 3.06. The van der Waals surface area contributed by atoms with Crippen LogP contribution in [-0.2, 0) is 6.54 Å². The zero-order valence-corrected chi connectivity index (χ0v) is 12.3. The molecule has 1 nitrogen and oxygen atoms in total. The van der Waals surface area contributed by atoms with Gasteiger partial charge in [-0.3, -0.25) is 0 Å². The van der Waals surface area contributed by atoms with E-state index >= 15 is 0 Å². The monoisotopic (exact) mass is 315 g/mol. The molecule has 1 N–H and O–H groups in total. The number of hydrogen-bond acceptors (Lipinski definition) is 1. The summed E-state index contributed by atoms with van der Waals surface area (Å²) < 4.78 is 26.3. The standard InChI is InChI=1S/C15H13Cl2F2N/c1-9(10-3-5-13(16)14(17)6-10)20-8-11-2-4-12(18)7-15(11)19/h2-7,9,20H,8H2,1H3. The summed E-state index contributed by atoms with van der Waals surface area (Å²) in [5.74, 6) is -1.14. The highest BCUT2D eigenvalue weighted by Crippen LogP contribution is 2.25. The van der Waals surface area contributed by atoms with Crippen LogP contribution in [0.4, 0.5) is 8.78 Å². The Balaban J connectivity index is 2.04. The number of hydrogen-bond donors (Lipinski definition) is 1. The second kappa shape index (κ2) is 6.53. The molecule has 106 valence electrons. The molecule has 0 saturated carbocycles. The van der Waals surface area contributed by atoms with E-state index in [4.69, 9.17) is 23.2 Å². The van der Waals surface area contributed by atoms with Gasteiger partial charge in [0.2, 0.25) is 0 Å². The van der Waals surface area contributed by atoms with E-state index in [1.54, 1.807) is 12.1 Å². The predicted molar refractivity (Wildman–Crippen MR) is 78.1 cm³/mol. The first-order chi connectivity index (χ1) is 9.47. The van der Waals surface area contributed by atoms with Crippen molar-refractivity contribution in [3.05, 3.63) is 69.2 Å². The van der Waals surface area contributed by atoms with Crippen LogP contribution < -0.4 is 5.32 Å². The summed E-state index contributed by atoms with van der Waals surface area (Å²) in [7, 11) is 0. The van der Waals surface area contributed by atoms with Crippen LogP contribution in [-0.4, -0.2) is 0 Å². The maximum Gasteiger partial charge on any atom is 0.130 e. The first kappa shape index (κ1) is 15.2. The zero-order valence-electron chi connectivity index (χ0n) is 10.8. The van der Waals surface area contributed by atoms with Crippen LogP contribution in [0.1, 0.15) is 24.1 Å². The Bertz CT molecular complexity index is 617. The molecule has 0 radical (unpaired) electrons. The van der Waals surface area contributed by atoms with E-state index in [1.807, 2.05) is 13.0 Å². The molecule has 0 amide bonds. The maximum atomic E-state index is 13.5. The molecule has 2 rings (SSSR count). The largest absolute Gasteiger partial charge is 0.306 e. The van der Waals surface area contributed by atoms with Gasteiger partial charge in [0.05, 0.1) is 10.0 Å². The minimum absolute atomic E-state index is 0.0331. The van der Waals surface area contributed by atoms with Crippen LogP contribution in [0.2, 0.25) is 10.0 Å². The van der Waals surface area contributed by atoms with Crippen LogP contribution in [0.3, 0.4) is 0 Å². The smallest absolute Gasteiger partial charge is 0.130 e. The van der Waals surface area contributed by atoms with Gasteiger partial charge >= 0.3 is 0 Å². The molecule has 2 aromatic carbocycles. The highest BCUT2D eigenvalue weighted by Gasteiger charge is 2.09. The highest BCUT2D eigenvalue weighted by atomic mass is 35.5. The minimum atomic E-state index is -0.580. The third kappa shape index (κ3) is 3.69. The van der Waals surface area contributed by atoms with Gasteiger partial charge in [-0.05, 0) is 30.7 Å². The normalized spacial score (nSPS) is 12.4. The summed E-state index contributed by atoms with van der Waals surface area (Å²) in [4.78, 5) is 0. The third-order valence-corrected chi connectivity index (χ3v) is 3.80. The molecule has 0 heterocycles. The van der Waals surface area contributed by atoms with Gasteiger partial charge in [0, 0.05) is 24.2 Å². The molecule has 1 atom stereocenters. The van der Waals surface area contributed by atoms with Crippen molar-refractivity contribution in [1.29, 1.82) is 0 Å². The summed E-state index contributed by atoms with van der Waals surface area (Å²) in [6.45, 7) is 2.23. The second-order valence-electron chi connectivity index (χ2n) is 4.51. The van der Waals surface area contributed by atoms with E-state index in [2.05, 4.69) is 5.32 Å². The molecular formula is C15H13Cl2F2N. The average Bonchev–Trinajstić information content (AvgIpc) is 2.40. The van der Waals surface area contributed by atoms with Crippen molar-refractivity contribution in [3.8, 4) is 0 Å². The summed E-state index contributed by atoms with van der Waals surface area (Å²) in [6, 6.07) is 8.85. The molecule has 20 heavy (non-hydrogen) atoms. The summed E-state index contributed by atoms with van der Waals surface area (Å²) in [5.41, 5.74) is 1.36. The first-order valence-corrected chi connectivity index (χ1v) is 6.85. The quantitative estimate of drug-likeness (QED) is 0.825. The molecule has 0 aliphatic carbocycles. The van der Waals surface area contributed by atoms with Crippen molar-refractivity contribution in [3.63, 3.8) is 0 Å². The lowest BCUT2D eigenvalue weighted by Crippen LogP contribution is -2.18. The predicted octanol–water partition coefficient (Wildman–Crippen LogP) is 5.12. The van der Waals surface area contributed by atoms with E-state index in [0.717, 1.165) is 11.6 Å². The van der Waals surface area contributed by atoms with Gasteiger partial charge < -0.3 is 5.32 Å². The molecule has 0 bridgehead atoms. The molecule has 2 aromatic rings. The molecule has 5 heteroatoms. The molecule has 0 fully saturated rings. The zero-order chi connectivity index (χ0) is 14.7. The fourth-order valence-electron chi connectivity index (χ4n) is 1.83. The Morgan fingerprint density at radius 3 is 2.45 bits per heavy atom. The summed E-state index contributed by atoms with van der Waals surface area (Å²) in [6.07, 6.45) is 0. The Kier molecular flexibility index (Phi) is 4.97. The SMILES string of the molecule is CC(NCc1ccc(F)cc1F)c1ccc(Cl)c(Cl)c1. The van der Waals surface area contributed by atoms with E-state index < -0.39 is 11.6 Å². The van der Waals surface area contributed by atoms with Crippen LogP contribution in [0.5, 0.6) is 0 Å². The van der Waals surface area contributed by atoms with Gasteiger partial charge in [-0.25, -0.2) is 8.78 Å². The molecule has 0 saturated heterocycles. The lowest BCUT2D eigenvalue weighted by atomic mass is 10.1. The molecule has 0 aliphatic rings. The second-order valence-corrected chi connectivity index (χ2v) is 5.33. The average molecular weight is 316 g/mol. The number of rotatable bonds is 4. The van der Waals surface area contributed by atoms with Crippen LogP contribution in [0.15, 0.2) is 36.4 Å². The van der Waals surface area contributed by atoms with E-state index in [1.165, 1.54) is 12.1 Å². The lowest BCUT2D eigenvalue weighted by molar-refractivity contribution is 0.533. The molecular weight excluding hydrogens is 303 g/mol. The van der Waals surface area contributed by atoms with Crippen LogP contribution in [0, 0.1) is 11.6 Å². The highest BCUT2D eigenvalue weighted by molar-refractivity contribution is 6.42. The Hall–Kier alpha value is -1.16. The van der Waals surface area contributed by atoms with Crippen LogP contribution >= 0.6 is 23.2 Å². The minimum Gasteiger partial charge on any atom is -0.306 e. The van der Waals surface area contributed by atoms with Crippen molar-refractivity contribution < 1.29 is 8.78 Å². The van der Waals surface area contributed by atoms with Crippen molar-refractivity contribution in [2.45, 2.75) is 19.5 Å².